The highest BCUT2D eigenvalue weighted by atomic mass is 15.1. The van der Waals surface area contributed by atoms with Crippen molar-refractivity contribution in [3.8, 4) is 22.3 Å². The van der Waals surface area contributed by atoms with Gasteiger partial charge < -0.3 is 4.90 Å². The van der Waals surface area contributed by atoms with E-state index in [1.807, 2.05) is 0 Å². The summed E-state index contributed by atoms with van der Waals surface area (Å²) in [6.45, 7) is 4.83. The number of nitrogens with zero attached hydrogens (tertiary/aromatic N) is 1. The Bertz CT molecular complexity index is 2420. The van der Waals surface area contributed by atoms with Gasteiger partial charge in [0.05, 0.1) is 5.69 Å². The molecule has 218 valence electrons. The Balaban J connectivity index is 1.35. The van der Waals surface area contributed by atoms with Gasteiger partial charge in [0, 0.05) is 22.2 Å². The van der Waals surface area contributed by atoms with Crippen molar-refractivity contribution >= 4 is 49.4 Å². The van der Waals surface area contributed by atoms with Crippen LogP contribution in [0.15, 0.2) is 164 Å². The molecule has 0 unspecified atom stereocenters. The topological polar surface area (TPSA) is 3.24 Å². The second kappa shape index (κ2) is 10.2. The number of fused-ring (bicyclic) bond motifs is 10. The Morgan fingerprint density at radius 1 is 0.391 bits per heavy atom. The van der Waals surface area contributed by atoms with Crippen molar-refractivity contribution in [2.24, 2.45) is 0 Å². The first kappa shape index (κ1) is 26.7. The fraction of sp³-hybridized carbons (Fsp3) is 0.0667. The predicted octanol–water partition coefficient (Wildman–Crippen LogP) is 12.6. The molecule has 0 radical (unpaired) electrons. The monoisotopic (exact) mass is 587 g/mol. The molecule has 9 rings (SSSR count). The summed E-state index contributed by atoms with van der Waals surface area (Å²) in [5.41, 5.74) is 11.3. The molecule has 1 heteroatoms. The van der Waals surface area contributed by atoms with Crippen molar-refractivity contribution < 1.29 is 0 Å². The van der Waals surface area contributed by atoms with Crippen LogP contribution in [0.3, 0.4) is 0 Å². The van der Waals surface area contributed by atoms with Crippen molar-refractivity contribution in [1.29, 1.82) is 0 Å². The minimum Gasteiger partial charge on any atom is -0.310 e. The van der Waals surface area contributed by atoms with Gasteiger partial charge in [-0.1, -0.05) is 147 Å². The van der Waals surface area contributed by atoms with Crippen molar-refractivity contribution in [1.82, 2.24) is 0 Å². The zero-order valence-electron chi connectivity index (χ0n) is 26.0. The molecule has 0 N–H and O–H groups in total. The third kappa shape index (κ3) is 3.88. The molecule has 0 saturated carbocycles. The number of benzene rings is 8. The predicted molar refractivity (Wildman–Crippen MR) is 197 cm³/mol. The molecule has 0 saturated heterocycles. The maximum atomic E-state index is 2.49. The van der Waals surface area contributed by atoms with E-state index >= 15 is 0 Å². The van der Waals surface area contributed by atoms with E-state index in [0.29, 0.717) is 0 Å². The van der Waals surface area contributed by atoms with Crippen molar-refractivity contribution in [3.05, 3.63) is 175 Å². The molecule has 0 heterocycles. The lowest BCUT2D eigenvalue weighted by Crippen LogP contribution is -2.17. The van der Waals surface area contributed by atoms with Gasteiger partial charge in [-0.15, -0.1) is 0 Å². The molecule has 8 aromatic carbocycles. The minimum atomic E-state index is -0.202. The molecule has 0 atom stereocenters. The Morgan fingerprint density at radius 3 is 1.50 bits per heavy atom. The summed E-state index contributed by atoms with van der Waals surface area (Å²) in [6, 6.07) is 59.8. The zero-order chi connectivity index (χ0) is 30.8. The number of para-hydroxylation sites is 1. The summed E-state index contributed by atoms with van der Waals surface area (Å²) in [4.78, 5) is 2.44. The Kier molecular flexibility index (Phi) is 5.92. The zero-order valence-corrected chi connectivity index (χ0v) is 26.0. The van der Waals surface area contributed by atoms with Crippen LogP contribution in [0.5, 0.6) is 0 Å². The molecule has 1 aliphatic rings. The largest absolute Gasteiger partial charge is 0.310 e. The lowest BCUT2D eigenvalue weighted by Gasteiger charge is -2.30. The van der Waals surface area contributed by atoms with Crippen molar-refractivity contribution in [2.45, 2.75) is 19.3 Å². The minimum absolute atomic E-state index is 0.202. The SMILES string of the molecule is CC1(C)c2cc(N(c3ccccc3)c3ccc(-c4ccccc4)cc3)c3ccccc3c2-c2c1c1ccccc1c1ccccc21. The van der Waals surface area contributed by atoms with Crippen LogP contribution in [0, 0.1) is 0 Å². The highest BCUT2D eigenvalue weighted by Crippen LogP contribution is 2.58. The first-order chi connectivity index (χ1) is 22.6. The van der Waals surface area contributed by atoms with Gasteiger partial charge in [-0.25, -0.2) is 0 Å². The average molecular weight is 588 g/mol. The molecule has 1 aliphatic carbocycles. The Labute approximate surface area is 270 Å². The van der Waals surface area contributed by atoms with E-state index in [2.05, 4.69) is 183 Å². The summed E-state index contributed by atoms with van der Waals surface area (Å²) in [7, 11) is 0. The van der Waals surface area contributed by atoms with Gasteiger partial charge in [-0.3, -0.25) is 0 Å². The highest BCUT2D eigenvalue weighted by Gasteiger charge is 2.40. The third-order valence-electron chi connectivity index (χ3n) is 9.99. The van der Waals surface area contributed by atoms with E-state index in [1.165, 1.54) is 71.4 Å². The normalized spacial score (nSPS) is 13.2. The van der Waals surface area contributed by atoms with E-state index in [1.54, 1.807) is 0 Å². The van der Waals surface area contributed by atoms with Gasteiger partial charge in [0.15, 0.2) is 0 Å². The summed E-state index contributed by atoms with van der Waals surface area (Å²) < 4.78 is 0. The molecule has 0 bridgehead atoms. The van der Waals surface area contributed by atoms with Crippen LogP contribution in [0.25, 0.3) is 54.6 Å². The third-order valence-corrected chi connectivity index (χ3v) is 9.99. The molecule has 46 heavy (non-hydrogen) atoms. The van der Waals surface area contributed by atoms with E-state index in [-0.39, 0.29) is 5.41 Å². The van der Waals surface area contributed by atoms with Gasteiger partial charge in [-0.05, 0) is 90.6 Å². The van der Waals surface area contributed by atoms with Crippen LogP contribution in [0.4, 0.5) is 17.1 Å². The van der Waals surface area contributed by atoms with E-state index < -0.39 is 0 Å². The molecular weight excluding hydrogens is 555 g/mol. The summed E-state index contributed by atoms with van der Waals surface area (Å²) in [6.07, 6.45) is 0. The fourth-order valence-corrected chi connectivity index (χ4v) is 7.93. The maximum absolute atomic E-state index is 2.49. The van der Waals surface area contributed by atoms with Crippen LogP contribution < -0.4 is 4.90 Å². The molecule has 8 aromatic rings. The molecule has 0 fully saturated rings. The van der Waals surface area contributed by atoms with Crippen molar-refractivity contribution in [3.63, 3.8) is 0 Å². The van der Waals surface area contributed by atoms with Crippen LogP contribution in [-0.4, -0.2) is 0 Å². The van der Waals surface area contributed by atoms with Gasteiger partial charge in [-0.2, -0.15) is 0 Å². The lowest BCUT2D eigenvalue weighted by atomic mass is 9.79. The van der Waals surface area contributed by atoms with Crippen LogP contribution in [0.1, 0.15) is 25.0 Å². The molecule has 0 spiro atoms. The summed E-state index contributed by atoms with van der Waals surface area (Å²) in [5.74, 6) is 0. The quantitative estimate of drug-likeness (QED) is 0.185. The molecule has 0 aliphatic heterocycles. The maximum Gasteiger partial charge on any atom is 0.0543 e. The Morgan fingerprint density at radius 2 is 0.848 bits per heavy atom. The average Bonchev–Trinajstić information content (AvgIpc) is 3.36. The Hall–Kier alpha value is -5.66. The van der Waals surface area contributed by atoms with E-state index in [4.69, 9.17) is 0 Å². The van der Waals surface area contributed by atoms with Gasteiger partial charge >= 0.3 is 0 Å². The van der Waals surface area contributed by atoms with Gasteiger partial charge in [0.2, 0.25) is 0 Å². The number of hydrogen-bond acceptors (Lipinski definition) is 1. The second-order valence-corrected chi connectivity index (χ2v) is 12.9. The first-order valence-electron chi connectivity index (χ1n) is 16.1. The fourth-order valence-electron chi connectivity index (χ4n) is 7.93. The number of hydrogen-bond donors (Lipinski definition) is 0. The van der Waals surface area contributed by atoms with Gasteiger partial charge in [0.25, 0.3) is 0 Å². The summed E-state index contributed by atoms with van der Waals surface area (Å²) >= 11 is 0. The lowest BCUT2D eigenvalue weighted by molar-refractivity contribution is 0.667. The van der Waals surface area contributed by atoms with Crippen LogP contribution >= 0.6 is 0 Å². The first-order valence-corrected chi connectivity index (χ1v) is 16.1. The van der Waals surface area contributed by atoms with Gasteiger partial charge in [0.1, 0.15) is 0 Å². The number of rotatable bonds is 4. The highest BCUT2D eigenvalue weighted by molar-refractivity contribution is 6.22. The molecule has 0 aromatic heterocycles. The second-order valence-electron chi connectivity index (χ2n) is 12.9. The van der Waals surface area contributed by atoms with Crippen molar-refractivity contribution in [2.75, 3.05) is 4.90 Å². The molecule has 0 amide bonds. The van der Waals surface area contributed by atoms with E-state index in [0.717, 1.165) is 11.4 Å². The van der Waals surface area contributed by atoms with Crippen LogP contribution in [0.2, 0.25) is 0 Å². The smallest absolute Gasteiger partial charge is 0.0543 e. The number of anilines is 3. The summed E-state index contributed by atoms with van der Waals surface area (Å²) in [5, 5.41) is 7.86. The molecule has 1 nitrogen and oxygen atoms in total. The van der Waals surface area contributed by atoms with E-state index in [9.17, 15) is 0 Å². The van der Waals surface area contributed by atoms with Crippen LogP contribution in [-0.2, 0) is 5.41 Å². The molecular formula is C45H33N. The standard InChI is InChI=1S/C45H33N/c1-45(2)40-29-41(46(32-17-7-4-8-18-32)33-27-25-31(26-28-33)30-15-5-3-6-16-30)36-21-11-13-23-38(36)42(40)43-37-22-12-9-19-34(37)35-20-10-14-24-39(35)44(43)45/h3-29H,1-2H3.